The smallest absolute Gasteiger partial charge is 0.267 e. The number of hydrogen-bond donors (Lipinski definition) is 2. The number of aromatic nitrogens is 2. The Hall–Kier alpha value is -2.84. The molecule has 0 aliphatic heterocycles. The van der Waals surface area contributed by atoms with Gasteiger partial charge in [0.2, 0.25) is 5.88 Å². The number of carbonyl (C=O) groups excluding carboxylic acids is 1. The summed E-state index contributed by atoms with van der Waals surface area (Å²) in [6.07, 6.45) is 3.12. The Kier molecular flexibility index (Phi) is 5.48. The molecule has 27 heavy (non-hydrogen) atoms. The summed E-state index contributed by atoms with van der Waals surface area (Å²) >= 11 is 1.13. The first-order valence-corrected chi connectivity index (χ1v) is 9.03. The predicted molar refractivity (Wildman–Crippen MR) is 99.2 cm³/mol. The third-order valence-electron chi connectivity index (χ3n) is 3.79. The van der Waals surface area contributed by atoms with Crippen LogP contribution in [0.25, 0.3) is 0 Å². The Morgan fingerprint density at radius 2 is 2.19 bits per heavy atom. The van der Waals surface area contributed by atoms with Gasteiger partial charge in [-0.1, -0.05) is 12.1 Å². The van der Waals surface area contributed by atoms with Crippen molar-refractivity contribution in [1.29, 1.82) is 0 Å². The summed E-state index contributed by atoms with van der Waals surface area (Å²) in [5.41, 5.74) is 1.14. The summed E-state index contributed by atoms with van der Waals surface area (Å²) in [5.74, 6) is -0.275. The molecule has 2 heterocycles. The maximum Gasteiger partial charge on any atom is 0.267 e. The third-order valence-corrected chi connectivity index (χ3v) is 4.60. The highest BCUT2D eigenvalue weighted by Gasteiger charge is 2.19. The van der Waals surface area contributed by atoms with Crippen LogP contribution in [0.5, 0.6) is 11.6 Å². The summed E-state index contributed by atoms with van der Waals surface area (Å²) < 4.78 is 19.8. The molecular formula is C19H18FN3O3S. The van der Waals surface area contributed by atoms with Crippen molar-refractivity contribution >= 4 is 17.2 Å². The summed E-state index contributed by atoms with van der Waals surface area (Å²) in [6.45, 7) is 3.16. The van der Waals surface area contributed by atoms with Crippen LogP contribution in [0.3, 0.4) is 0 Å². The van der Waals surface area contributed by atoms with Gasteiger partial charge in [-0.15, -0.1) is 11.3 Å². The molecule has 0 saturated heterocycles. The molecule has 0 aliphatic carbocycles. The molecule has 2 N–H and O–H groups in total. The first-order chi connectivity index (χ1) is 12.8. The van der Waals surface area contributed by atoms with Gasteiger partial charge >= 0.3 is 0 Å². The second-order valence-electron chi connectivity index (χ2n) is 6.33. The number of pyridine rings is 1. The van der Waals surface area contributed by atoms with Crippen molar-refractivity contribution < 1.29 is 19.0 Å². The van der Waals surface area contributed by atoms with E-state index in [1.54, 1.807) is 44.3 Å². The SMILES string of the molecule is CC(C)(O)c1ccc(CNC(=O)c2scnc2Oc2cccnc2)c(F)c1. The van der Waals surface area contributed by atoms with Crippen LogP contribution in [0.2, 0.25) is 0 Å². The molecule has 0 unspecified atom stereocenters. The van der Waals surface area contributed by atoms with Gasteiger partial charge in [0.05, 0.1) is 17.3 Å². The fourth-order valence-corrected chi connectivity index (χ4v) is 2.93. The largest absolute Gasteiger partial charge is 0.436 e. The molecule has 0 atom stereocenters. The highest BCUT2D eigenvalue weighted by Crippen LogP contribution is 2.26. The van der Waals surface area contributed by atoms with Crippen molar-refractivity contribution in [2.24, 2.45) is 0 Å². The average Bonchev–Trinajstić information content (AvgIpc) is 3.08. The van der Waals surface area contributed by atoms with Gasteiger partial charge in [-0.25, -0.2) is 9.37 Å². The van der Waals surface area contributed by atoms with E-state index in [9.17, 15) is 14.3 Å². The lowest BCUT2D eigenvalue weighted by Gasteiger charge is -2.18. The van der Waals surface area contributed by atoms with Crippen LogP contribution in [0.1, 0.15) is 34.6 Å². The van der Waals surface area contributed by atoms with Gasteiger partial charge in [0.25, 0.3) is 5.91 Å². The van der Waals surface area contributed by atoms with Gasteiger partial charge in [0.15, 0.2) is 4.88 Å². The highest BCUT2D eigenvalue weighted by atomic mass is 32.1. The molecule has 0 spiro atoms. The Morgan fingerprint density at radius 3 is 2.85 bits per heavy atom. The number of nitrogens with zero attached hydrogens (tertiary/aromatic N) is 2. The number of nitrogens with one attached hydrogen (secondary N) is 1. The van der Waals surface area contributed by atoms with E-state index < -0.39 is 17.3 Å². The first kappa shape index (κ1) is 18.9. The van der Waals surface area contributed by atoms with Crippen molar-refractivity contribution in [3.8, 4) is 11.6 Å². The zero-order valence-electron chi connectivity index (χ0n) is 14.8. The number of thiazole rings is 1. The van der Waals surface area contributed by atoms with Crippen LogP contribution in [0, 0.1) is 5.82 Å². The quantitative estimate of drug-likeness (QED) is 0.675. The van der Waals surface area contributed by atoms with Gasteiger partial charge in [-0.05, 0) is 37.6 Å². The van der Waals surface area contributed by atoms with Crippen molar-refractivity contribution in [2.75, 3.05) is 0 Å². The number of amides is 1. The summed E-state index contributed by atoms with van der Waals surface area (Å²) in [6, 6.07) is 7.86. The molecule has 2 aromatic heterocycles. The standard InChI is InChI=1S/C19H18FN3O3S/c1-19(2,25)13-6-5-12(15(20)8-13)9-22-17(24)16-18(23-11-27-16)26-14-4-3-7-21-10-14/h3-8,10-11,25H,9H2,1-2H3,(H,22,24). The molecule has 0 saturated carbocycles. The molecule has 3 rings (SSSR count). The number of halogens is 1. The number of ether oxygens (including phenoxy) is 1. The molecule has 1 aromatic carbocycles. The first-order valence-electron chi connectivity index (χ1n) is 8.15. The molecule has 1 amide bonds. The number of hydrogen-bond acceptors (Lipinski definition) is 6. The van der Waals surface area contributed by atoms with Gasteiger partial charge < -0.3 is 15.2 Å². The Labute approximate surface area is 159 Å². The van der Waals surface area contributed by atoms with E-state index in [1.165, 1.54) is 17.8 Å². The average molecular weight is 387 g/mol. The Morgan fingerprint density at radius 1 is 1.37 bits per heavy atom. The lowest BCUT2D eigenvalue weighted by molar-refractivity contribution is 0.0781. The van der Waals surface area contributed by atoms with Crippen molar-refractivity contribution in [1.82, 2.24) is 15.3 Å². The van der Waals surface area contributed by atoms with Crippen LogP contribution >= 0.6 is 11.3 Å². The number of benzene rings is 1. The lowest BCUT2D eigenvalue weighted by Crippen LogP contribution is -2.23. The van der Waals surface area contributed by atoms with Crippen molar-refractivity contribution in [2.45, 2.75) is 26.0 Å². The maximum atomic E-state index is 14.2. The van der Waals surface area contributed by atoms with E-state index in [0.29, 0.717) is 16.9 Å². The molecule has 8 heteroatoms. The minimum absolute atomic E-state index is 0.00103. The van der Waals surface area contributed by atoms with Crippen LogP contribution in [-0.4, -0.2) is 21.0 Å². The summed E-state index contributed by atoms with van der Waals surface area (Å²) in [7, 11) is 0. The second kappa shape index (κ2) is 7.81. The van der Waals surface area contributed by atoms with Gasteiger partial charge in [0.1, 0.15) is 11.6 Å². The highest BCUT2D eigenvalue weighted by molar-refractivity contribution is 7.12. The monoisotopic (exact) mass is 387 g/mol. The molecule has 0 fully saturated rings. The van der Waals surface area contributed by atoms with Crippen LogP contribution in [0.4, 0.5) is 4.39 Å². The summed E-state index contributed by atoms with van der Waals surface area (Å²) in [5, 5.41) is 12.6. The Bertz CT molecular complexity index is 939. The van der Waals surface area contributed by atoms with E-state index in [1.807, 2.05) is 0 Å². The van der Waals surface area contributed by atoms with Crippen LogP contribution in [-0.2, 0) is 12.1 Å². The zero-order chi connectivity index (χ0) is 19.4. The molecule has 0 bridgehead atoms. The number of carbonyl (C=O) groups is 1. The van der Waals surface area contributed by atoms with E-state index in [4.69, 9.17) is 4.74 Å². The topological polar surface area (TPSA) is 84.3 Å². The van der Waals surface area contributed by atoms with Gasteiger partial charge in [-0.3, -0.25) is 9.78 Å². The second-order valence-corrected chi connectivity index (χ2v) is 7.18. The molecule has 6 nitrogen and oxygen atoms in total. The van der Waals surface area contributed by atoms with E-state index >= 15 is 0 Å². The molecule has 0 radical (unpaired) electrons. The van der Waals surface area contributed by atoms with Gasteiger partial charge in [-0.2, -0.15) is 0 Å². The number of aliphatic hydroxyl groups is 1. The molecule has 0 aliphatic rings. The van der Waals surface area contributed by atoms with Crippen LogP contribution in [0.15, 0.2) is 48.2 Å². The molecule has 140 valence electrons. The normalized spacial score (nSPS) is 11.3. The van der Waals surface area contributed by atoms with Crippen molar-refractivity contribution in [3.63, 3.8) is 0 Å². The van der Waals surface area contributed by atoms with E-state index in [-0.39, 0.29) is 17.3 Å². The minimum Gasteiger partial charge on any atom is -0.436 e. The van der Waals surface area contributed by atoms with E-state index in [2.05, 4.69) is 15.3 Å². The maximum absolute atomic E-state index is 14.2. The third kappa shape index (κ3) is 4.66. The summed E-state index contributed by atoms with van der Waals surface area (Å²) in [4.78, 5) is 20.7. The lowest BCUT2D eigenvalue weighted by atomic mass is 9.97. The molecular weight excluding hydrogens is 369 g/mol. The van der Waals surface area contributed by atoms with Crippen molar-refractivity contribution in [3.05, 3.63) is 70.1 Å². The fourth-order valence-electron chi connectivity index (χ4n) is 2.31. The zero-order valence-corrected chi connectivity index (χ0v) is 15.6. The van der Waals surface area contributed by atoms with Gasteiger partial charge in [0, 0.05) is 18.3 Å². The van der Waals surface area contributed by atoms with E-state index in [0.717, 1.165) is 11.3 Å². The Balaban J connectivity index is 1.68. The fraction of sp³-hybridized carbons (Fsp3) is 0.211. The molecule has 3 aromatic rings. The van der Waals surface area contributed by atoms with Crippen LogP contribution < -0.4 is 10.1 Å². The number of rotatable bonds is 6. The predicted octanol–water partition coefficient (Wildman–Crippen LogP) is 3.63. The minimum atomic E-state index is -1.14.